The number of piperazine rings is 1. The van der Waals surface area contributed by atoms with E-state index in [2.05, 4.69) is 35.7 Å². The van der Waals surface area contributed by atoms with Gasteiger partial charge in [-0.25, -0.2) is 4.98 Å². The molecule has 3 heterocycles. The summed E-state index contributed by atoms with van der Waals surface area (Å²) >= 11 is 0. The summed E-state index contributed by atoms with van der Waals surface area (Å²) in [6.45, 7) is 10.2. The summed E-state index contributed by atoms with van der Waals surface area (Å²) in [6.07, 6.45) is 1.21. The molecule has 0 N–H and O–H groups in total. The van der Waals surface area contributed by atoms with Gasteiger partial charge in [-0.1, -0.05) is 19.9 Å². The van der Waals surface area contributed by atoms with Crippen molar-refractivity contribution in [1.29, 1.82) is 0 Å². The predicted molar refractivity (Wildman–Crippen MR) is 92.8 cm³/mol. The zero-order chi connectivity index (χ0) is 16.4. The number of likely N-dealkylation sites (tertiary alicyclic amines) is 1. The molecule has 5 nitrogen and oxygen atoms in total. The number of aromatic nitrogens is 1. The molecule has 5 heteroatoms. The number of nitrogens with zero attached hydrogens (tertiary/aromatic N) is 4. The maximum atomic E-state index is 12.8. The molecule has 0 saturated carbocycles. The summed E-state index contributed by atoms with van der Waals surface area (Å²) in [5.41, 5.74) is 0.586. The minimum Gasteiger partial charge on any atom is -0.354 e. The van der Waals surface area contributed by atoms with Crippen molar-refractivity contribution < 1.29 is 4.79 Å². The predicted octanol–water partition coefficient (Wildman–Crippen LogP) is 1.95. The van der Waals surface area contributed by atoms with Gasteiger partial charge in [0.2, 0.25) is 0 Å². The minimum absolute atomic E-state index is 0.0828. The molecule has 23 heavy (non-hydrogen) atoms. The minimum atomic E-state index is 0.0828. The summed E-state index contributed by atoms with van der Waals surface area (Å²) in [6, 6.07) is 5.83. The van der Waals surface area contributed by atoms with E-state index in [4.69, 9.17) is 0 Å². The van der Waals surface area contributed by atoms with Crippen LogP contribution in [0.15, 0.2) is 18.2 Å². The van der Waals surface area contributed by atoms with Crippen molar-refractivity contribution in [2.24, 2.45) is 11.8 Å². The quantitative estimate of drug-likeness (QED) is 0.836. The summed E-state index contributed by atoms with van der Waals surface area (Å²) < 4.78 is 0. The number of anilines is 1. The lowest BCUT2D eigenvalue weighted by molar-refractivity contribution is 0.0617. The summed E-state index contributed by atoms with van der Waals surface area (Å²) in [5, 5.41) is 0. The van der Waals surface area contributed by atoms with E-state index < -0.39 is 0 Å². The molecular formula is C18H28N4O. The van der Waals surface area contributed by atoms with Gasteiger partial charge in [0.05, 0.1) is 0 Å². The van der Waals surface area contributed by atoms with E-state index in [9.17, 15) is 4.79 Å². The second kappa shape index (κ2) is 6.87. The van der Waals surface area contributed by atoms with Gasteiger partial charge in [-0.15, -0.1) is 0 Å². The van der Waals surface area contributed by atoms with Gasteiger partial charge in [0.25, 0.3) is 5.91 Å². The number of piperidine rings is 1. The van der Waals surface area contributed by atoms with Crippen LogP contribution in [0.25, 0.3) is 0 Å². The first-order chi connectivity index (χ1) is 11.0. The average molecular weight is 316 g/mol. The molecule has 0 radical (unpaired) electrons. The van der Waals surface area contributed by atoms with Crippen LogP contribution in [0.1, 0.15) is 30.8 Å². The number of amides is 1. The van der Waals surface area contributed by atoms with Crippen LogP contribution in [0.4, 0.5) is 5.82 Å². The average Bonchev–Trinajstić information content (AvgIpc) is 2.54. The second-order valence-corrected chi connectivity index (χ2v) is 7.33. The van der Waals surface area contributed by atoms with Gasteiger partial charge in [0.15, 0.2) is 0 Å². The summed E-state index contributed by atoms with van der Waals surface area (Å²) in [4.78, 5) is 24.1. The molecule has 1 aromatic rings. The molecule has 2 unspecified atom stereocenters. The Morgan fingerprint density at radius 2 is 1.74 bits per heavy atom. The molecule has 1 amide bonds. The third kappa shape index (κ3) is 3.83. The molecule has 1 aromatic heterocycles. The monoisotopic (exact) mass is 316 g/mol. The van der Waals surface area contributed by atoms with E-state index in [0.29, 0.717) is 17.5 Å². The van der Waals surface area contributed by atoms with Crippen LogP contribution in [0.3, 0.4) is 0 Å². The van der Waals surface area contributed by atoms with E-state index in [1.54, 1.807) is 0 Å². The van der Waals surface area contributed by atoms with Gasteiger partial charge < -0.3 is 14.7 Å². The van der Waals surface area contributed by atoms with E-state index in [0.717, 1.165) is 45.1 Å². The van der Waals surface area contributed by atoms with Crippen molar-refractivity contribution >= 4 is 11.7 Å². The van der Waals surface area contributed by atoms with Crippen LogP contribution in [0, 0.1) is 11.8 Å². The zero-order valence-electron chi connectivity index (χ0n) is 14.5. The molecular weight excluding hydrogens is 288 g/mol. The third-order valence-electron chi connectivity index (χ3n) is 4.94. The molecule has 0 spiro atoms. The van der Waals surface area contributed by atoms with Crippen molar-refractivity contribution in [3.8, 4) is 0 Å². The number of hydrogen-bond donors (Lipinski definition) is 0. The van der Waals surface area contributed by atoms with Crippen LogP contribution in [-0.4, -0.2) is 67.0 Å². The number of carbonyl (C=O) groups is 1. The molecule has 126 valence electrons. The van der Waals surface area contributed by atoms with Crippen LogP contribution in [-0.2, 0) is 0 Å². The number of pyridine rings is 1. The van der Waals surface area contributed by atoms with Gasteiger partial charge >= 0.3 is 0 Å². The fourth-order valence-electron chi connectivity index (χ4n) is 3.74. The maximum absolute atomic E-state index is 12.8. The Balaban J connectivity index is 1.72. The van der Waals surface area contributed by atoms with Crippen molar-refractivity contribution in [1.82, 2.24) is 14.8 Å². The number of rotatable bonds is 2. The Bertz CT molecular complexity index is 544. The highest BCUT2D eigenvalue weighted by atomic mass is 16.2. The highest BCUT2D eigenvalue weighted by Crippen LogP contribution is 2.23. The van der Waals surface area contributed by atoms with Crippen molar-refractivity contribution in [3.05, 3.63) is 23.9 Å². The first kappa shape index (κ1) is 16.2. The Kier molecular flexibility index (Phi) is 4.85. The molecule has 2 aliphatic rings. The summed E-state index contributed by atoms with van der Waals surface area (Å²) in [5.74, 6) is 2.16. The number of likely N-dealkylation sites (N-methyl/N-ethyl adjacent to an activating group) is 1. The van der Waals surface area contributed by atoms with E-state index in [1.807, 2.05) is 23.1 Å². The van der Waals surface area contributed by atoms with Crippen molar-refractivity contribution in [2.75, 3.05) is 51.2 Å². The smallest absolute Gasteiger partial charge is 0.272 e. The Hall–Kier alpha value is -1.62. The Morgan fingerprint density at radius 3 is 2.39 bits per heavy atom. The normalized spacial score (nSPS) is 26.4. The number of carbonyl (C=O) groups excluding carboxylic acids is 1. The fraction of sp³-hybridized carbons (Fsp3) is 0.667. The molecule has 0 aromatic carbocycles. The van der Waals surface area contributed by atoms with Crippen LogP contribution in [0.5, 0.6) is 0 Å². The standard InChI is InChI=1S/C18H28N4O/c1-14-11-15(2)13-22(12-14)18(23)16-5-4-6-17(19-16)21-9-7-20(3)8-10-21/h4-6,14-15H,7-13H2,1-3H3. The second-order valence-electron chi connectivity index (χ2n) is 7.33. The molecule has 0 bridgehead atoms. The molecule has 2 saturated heterocycles. The lowest BCUT2D eigenvalue weighted by atomic mass is 9.92. The summed E-state index contributed by atoms with van der Waals surface area (Å²) in [7, 11) is 2.14. The first-order valence-electron chi connectivity index (χ1n) is 8.72. The lowest BCUT2D eigenvalue weighted by Crippen LogP contribution is -2.45. The topological polar surface area (TPSA) is 39.7 Å². The SMILES string of the molecule is CC1CC(C)CN(C(=O)c2cccc(N3CCN(C)CC3)n2)C1. The van der Waals surface area contributed by atoms with Gasteiger partial charge in [-0.3, -0.25) is 4.79 Å². The van der Waals surface area contributed by atoms with Gasteiger partial charge in [0, 0.05) is 39.3 Å². The molecule has 2 atom stereocenters. The lowest BCUT2D eigenvalue weighted by Gasteiger charge is -2.35. The van der Waals surface area contributed by atoms with Crippen molar-refractivity contribution in [2.45, 2.75) is 20.3 Å². The largest absolute Gasteiger partial charge is 0.354 e. The van der Waals surface area contributed by atoms with E-state index in [-0.39, 0.29) is 5.91 Å². The molecule has 3 rings (SSSR count). The third-order valence-corrected chi connectivity index (χ3v) is 4.94. The van der Waals surface area contributed by atoms with Crippen LogP contribution < -0.4 is 4.90 Å². The van der Waals surface area contributed by atoms with E-state index in [1.165, 1.54) is 6.42 Å². The fourth-order valence-corrected chi connectivity index (χ4v) is 3.74. The molecule has 0 aliphatic carbocycles. The highest BCUT2D eigenvalue weighted by Gasteiger charge is 2.27. The van der Waals surface area contributed by atoms with Crippen LogP contribution in [0.2, 0.25) is 0 Å². The van der Waals surface area contributed by atoms with Crippen LogP contribution >= 0.6 is 0 Å². The highest BCUT2D eigenvalue weighted by molar-refractivity contribution is 5.92. The van der Waals surface area contributed by atoms with Gasteiger partial charge in [-0.05, 0) is 37.4 Å². The van der Waals surface area contributed by atoms with Gasteiger partial charge in [-0.2, -0.15) is 0 Å². The zero-order valence-corrected chi connectivity index (χ0v) is 14.5. The molecule has 2 aliphatic heterocycles. The Morgan fingerprint density at radius 1 is 1.09 bits per heavy atom. The Labute approximate surface area is 139 Å². The maximum Gasteiger partial charge on any atom is 0.272 e. The van der Waals surface area contributed by atoms with E-state index >= 15 is 0 Å². The molecule has 2 fully saturated rings. The van der Waals surface area contributed by atoms with Crippen molar-refractivity contribution in [3.63, 3.8) is 0 Å². The number of hydrogen-bond acceptors (Lipinski definition) is 4. The van der Waals surface area contributed by atoms with Gasteiger partial charge in [0.1, 0.15) is 11.5 Å². The first-order valence-corrected chi connectivity index (χ1v) is 8.72.